The maximum Gasteiger partial charge on any atom is 0.170 e. The SMILES string of the molecule is Bc1ccc2c(c1)C(=O)CC(c1ccccn1)O2. The van der Waals surface area contributed by atoms with Crippen LogP contribution >= 0.6 is 0 Å². The fourth-order valence-electron chi connectivity index (χ4n) is 2.17. The van der Waals surface area contributed by atoms with Crippen LogP contribution in [0.25, 0.3) is 0 Å². The summed E-state index contributed by atoms with van der Waals surface area (Å²) in [6, 6.07) is 11.3. The summed E-state index contributed by atoms with van der Waals surface area (Å²) in [6.07, 6.45) is 1.80. The molecular weight excluding hydrogens is 225 g/mol. The van der Waals surface area contributed by atoms with Gasteiger partial charge in [-0.1, -0.05) is 23.7 Å². The molecule has 0 fully saturated rings. The maximum atomic E-state index is 12.1. The molecule has 0 saturated heterocycles. The van der Waals surface area contributed by atoms with Crippen LogP contribution in [0.5, 0.6) is 5.75 Å². The smallest absolute Gasteiger partial charge is 0.170 e. The van der Waals surface area contributed by atoms with Crippen molar-refractivity contribution in [3.63, 3.8) is 0 Å². The van der Waals surface area contributed by atoms with Gasteiger partial charge in [0.15, 0.2) is 5.78 Å². The summed E-state index contributed by atoms with van der Waals surface area (Å²) >= 11 is 0. The highest BCUT2D eigenvalue weighted by atomic mass is 16.5. The topological polar surface area (TPSA) is 39.2 Å². The Morgan fingerprint density at radius 3 is 2.94 bits per heavy atom. The van der Waals surface area contributed by atoms with Crippen molar-refractivity contribution in [2.75, 3.05) is 0 Å². The van der Waals surface area contributed by atoms with Gasteiger partial charge in [-0.05, 0) is 18.2 Å². The predicted molar refractivity (Wildman–Crippen MR) is 71.2 cm³/mol. The van der Waals surface area contributed by atoms with Crippen LogP contribution in [0.2, 0.25) is 0 Å². The summed E-state index contributed by atoms with van der Waals surface area (Å²) < 4.78 is 5.86. The van der Waals surface area contributed by atoms with E-state index < -0.39 is 0 Å². The van der Waals surface area contributed by atoms with Crippen LogP contribution in [0.1, 0.15) is 28.6 Å². The molecule has 0 aliphatic carbocycles. The van der Waals surface area contributed by atoms with Gasteiger partial charge in [0.05, 0.1) is 17.7 Å². The summed E-state index contributed by atoms with van der Waals surface area (Å²) in [4.78, 5) is 16.4. The molecule has 88 valence electrons. The Balaban J connectivity index is 1.97. The van der Waals surface area contributed by atoms with E-state index in [0.29, 0.717) is 17.7 Å². The van der Waals surface area contributed by atoms with Crippen molar-refractivity contribution < 1.29 is 9.53 Å². The van der Waals surface area contributed by atoms with Gasteiger partial charge in [-0.15, -0.1) is 0 Å². The van der Waals surface area contributed by atoms with Crippen molar-refractivity contribution in [2.24, 2.45) is 0 Å². The van der Waals surface area contributed by atoms with Crippen LogP contribution < -0.4 is 10.2 Å². The van der Waals surface area contributed by atoms with Gasteiger partial charge in [-0.2, -0.15) is 0 Å². The largest absolute Gasteiger partial charge is 0.483 e. The molecule has 1 aliphatic rings. The number of carbonyl (C=O) groups is 1. The van der Waals surface area contributed by atoms with Crippen LogP contribution in [0, 0.1) is 0 Å². The lowest BCUT2D eigenvalue weighted by Crippen LogP contribution is -2.22. The Morgan fingerprint density at radius 2 is 2.17 bits per heavy atom. The Morgan fingerprint density at radius 1 is 1.28 bits per heavy atom. The van der Waals surface area contributed by atoms with Crippen molar-refractivity contribution in [3.05, 3.63) is 53.9 Å². The highest BCUT2D eigenvalue weighted by molar-refractivity contribution is 6.32. The van der Waals surface area contributed by atoms with Crippen molar-refractivity contribution in [1.82, 2.24) is 4.98 Å². The van der Waals surface area contributed by atoms with E-state index in [9.17, 15) is 4.79 Å². The van der Waals surface area contributed by atoms with Crippen LogP contribution in [0.4, 0.5) is 0 Å². The fourth-order valence-corrected chi connectivity index (χ4v) is 2.17. The number of hydrogen-bond acceptors (Lipinski definition) is 3. The van der Waals surface area contributed by atoms with Crippen LogP contribution in [-0.2, 0) is 0 Å². The lowest BCUT2D eigenvalue weighted by Gasteiger charge is -2.25. The Bertz CT molecular complexity index is 598. The van der Waals surface area contributed by atoms with Crippen LogP contribution in [0.3, 0.4) is 0 Å². The molecule has 3 nitrogen and oxygen atoms in total. The van der Waals surface area contributed by atoms with Crippen molar-refractivity contribution >= 4 is 19.1 Å². The second-order valence-electron chi connectivity index (χ2n) is 4.49. The van der Waals surface area contributed by atoms with E-state index in [1.54, 1.807) is 6.20 Å². The van der Waals surface area contributed by atoms with E-state index in [4.69, 9.17) is 4.74 Å². The molecule has 0 spiro atoms. The maximum absolute atomic E-state index is 12.1. The number of rotatable bonds is 1. The summed E-state index contributed by atoms with van der Waals surface area (Å²) in [5.74, 6) is 0.781. The minimum absolute atomic E-state index is 0.121. The first kappa shape index (κ1) is 11.0. The second kappa shape index (κ2) is 4.29. The first-order chi connectivity index (χ1) is 8.74. The van der Waals surface area contributed by atoms with Crippen molar-refractivity contribution in [1.29, 1.82) is 0 Å². The third-order valence-electron chi connectivity index (χ3n) is 3.09. The van der Waals surface area contributed by atoms with E-state index in [1.165, 1.54) is 0 Å². The number of hydrogen-bond donors (Lipinski definition) is 0. The van der Waals surface area contributed by atoms with E-state index in [-0.39, 0.29) is 11.9 Å². The normalized spacial score (nSPS) is 18.0. The molecule has 0 saturated carbocycles. The Kier molecular flexibility index (Phi) is 2.63. The number of carbonyl (C=O) groups excluding carboxylic acids is 1. The molecule has 18 heavy (non-hydrogen) atoms. The third kappa shape index (κ3) is 1.90. The van der Waals surface area contributed by atoms with Gasteiger partial charge in [0.1, 0.15) is 19.7 Å². The van der Waals surface area contributed by atoms with Gasteiger partial charge in [-0.25, -0.2) is 0 Å². The average molecular weight is 237 g/mol. The zero-order valence-electron chi connectivity index (χ0n) is 10.1. The number of benzene rings is 1. The standard InChI is InChI=1S/C14H12BNO2/c15-9-4-5-13-10(7-9)12(17)8-14(18-13)11-3-1-2-6-16-11/h1-7,14H,8,15H2. The van der Waals surface area contributed by atoms with Gasteiger partial charge < -0.3 is 4.74 Å². The number of aromatic nitrogens is 1. The minimum atomic E-state index is -0.270. The van der Waals surface area contributed by atoms with Crippen LogP contribution in [0.15, 0.2) is 42.6 Å². The summed E-state index contributed by atoms with van der Waals surface area (Å²) in [5.41, 5.74) is 2.56. The van der Waals surface area contributed by atoms with Gasteiger partial charge in [-0.3, -0.25) is 9.78 Å². The van der Waals surface area contributed by atoms with Gasteiger partial charge in [0, 0.05) is 6.20 Å². The lowest BCUT2D eigenvalue weighted by molar-refractivity contribution is 0.0845. The lowest BCUT2D eigenvalue weighted by atomic mass is 9.90. The van der Waals surface area contributed by atoms with E-state index >= 15 is 0 Å². The first-order valence-corrected chi connectivity index (χ1v) is 5.95. The van der Waals surface area contributed by atoms with Gasteiger partial charge >= 0.3 is 0 Å². The molecule has 1 aliphatic heterocycles. The number of fused-ring (bicyclic) bond motifs is 1. The van der Waals surface area contributed by atoms with Crippen LogP contribution in [-0.4, -0.2) is 18.6 Å². The van der Waals surface area contributed by atoms with Gasteiger partial charge in [0.25, 0.3) is 0 Å². The molecule has 0 bridgehead atoms. The molecule has 1 aromatic carbocycles. The quantitative estimate of drug-likeness (QED) is 0.696. The molecule has 0 amide bonds. The molecule has 2 aromatic rings. The van der Waals surface area contributed by atoms with E-state index in [2.05, 4.69) is 4.98 Å². The molecule has 1 atom stereocenters. The average Bonchev–Trinajstić information content (AvgIpc) is 2.40. The monoisotopic (exact) mass is 237 g/mol. The zero-order chi connectivity index (χ0) is 12.5. The predicted octanol–water partition coefficient (Wildman–Crippen LogP) is 1.05. The first-order valence-electron chi connectivity index (χ1n) is 5.95. The van der Waals surface area contributed by atoms with Crippen molar-refractivity contribution in [3.8, 4) is 5.75 Å². The Labute approximate surface area is 106 Å². The molecule has 2 heterocycles. The number of ketones is 1. The van der Waals surface area contributed by atoms with Gasteiger partial charge in [0.2, 0.25) is 0 Å². The molecule has 1 unspecified atom stereocenters. The number of ether oxygens (including phenoxy) is 1. The van der Waals surface area contributed by atoms with E-state index in [1.807, 2.05) is 44.2 Å². The van der Waals surface area contributed by atoms with E-state index in [0.717, 1.165) is 11.2 Å². The number of Topliss-reactive ketones (excluding diaryl/α,β-unsaturated/α-hetero) is 1. The third-order valence-corrected chi connectivity index (χ3v) is 3.09. The number of nitrogens with zero attached hydrogens (tertiary/aromatic N) is 1. The number of pyridine rings is 1. The highest BCUT2D eigenvalue weighted by Crippen LogP contribution is 2.33. The summed E-state index contributed by atoms with van der Waals surface area (Å²) in [5, 5.41) is 0. The summed E-state index contributed by atoms with van der Waals surface area (Å²) in [6.45, 7) is 0. The molecule has 4 heteroatoms. The minimum Gasteiger partial charge on any atom is -0.483 e. The highest BCUT2D eigenvalue weighted by Gasteiger charge is 2.28. The summed E-state index contributed by atoms with van der Waals surface area (Å²) in [7, 11) is 1.97. The molecule has 1 aromatic heterocycles. The zero-order valence-corrected chi connectivity index (χ0v) is 10.1. The molecule has 0 N–H and O–H groups in total. The fraction of sp³-hybridized carbons (Fsp3) is 0.143. The van der Waals surface area contributed by atoms with Crippen molar-refractivity contribution in [2.45, 2.75) is 12.5 Å². The Hall–Kier alpha value is -2.10. The second-order valence-corrected chi connectivity index (χ2v) is 4.49. The molecule has 3 rings (SSSR count). The molecule has 0 radical (unpaired) electrons. The molecular formula is C14H12BNO2.